The van der Waals surface area contributed by atoms with Crippen LogP contribution in [0.2, 0.25) is 0 Å². The summed E-state index contributed by atoms with van der Waals surface area (Å²) in [6, 6.07) is 8.42. The number of para-hydroxylation sites is 1. The second-order valence-corrected chi connectivity index (χ2v) is 5.41. The number of carbonyl (C=O) groups excluding carboxylic acids is 1. The highest BCUT2D eigenvalue weighted by atomic mass is 16.5. The average molecular weight is 328 g/mol. The SMILES string of the molecule is Cc1cc(NC(=O)CCCn2c(=O)[nH]c3ccccc3c2=O)no1. The van der Waals surface area contributed by atoms with Crippen LogP contribution < -0.4 is 16.6 Å². The van der Waals surface area contributed by atoms with E-state index in [9.17, 15) is 14.4 Å². The molecule has 0 radical (unpaired) electrons. The molecule has 0 bridgehead atoms. The molecule has 3 rings (SSSR count). The number of amides is 1. The fraction of sp³-hybridized carbons (Fsp3) is 0.250. The van der Waals surface area contributed by atoms with E-state index in [-0.39, 0.29) is 24.4 Å². The van der Waals surface area contributed by atoms with E-state index in [1.54, 1.807) is 37.3 Å². The number of carbonyl (C=O) groups is 1. The quantitative estimate of drug-likeness (QED) is 0.736. The molecule has 1 amide bonds. The van der Waals surface area contributed by atoms with Gasteiger partial charge in [-0.1, -0.05) is 17.3 Å². The largest absolute Gasteiger partial charge is 0.360 e. The van der Waals surface area contributed by atoms with Gasteiger partial charge < -0.3 is 14.8 Å². The van der Waals surface area contributed by atoms with E-state index in [0.717, 1.165) is 4.57 Å². The van der Waals surface area contributed by atoms with Crippen molar-refractivity contribution >= 4 is 22.6 Å². The summed E-state index contributed by atoms with van der Waals surface area (Å²) in [5.41, 5.74) is -0.337. The summed E-state index contributed by atoms with van der Waals surface area (Å²) in [6.07, 6.45) is 0.509. The molecule has 1 aromatic carbocycles. The number of rotatable bonds is 5. The average Bonchev–Trinajstić information content (AvgIpc) is 2.95. The number of benzene rings is 1. The van der Waals surface area contributed by atoms with Crippen molar-refractivity contribution in [2.24, 2.45) is 0 Å². The normalized spacial score (nSPS) is 10.9. The number of H-pyrrole nitrogens is 1. The first-order chi connectivity index (χ1) is 11.5. The van der Waals surface area contributed by atoms with Crippen LogP contribution in [-0.4, -0.2) is 20.6 Å². The summed E-state index contributed by atoms with van der Waals surface area (Å²) >= 11 is 0. The molecule has 0 saturated carbocycles. The molecule has 0 atom stereocenters. The summed E-state index contributed by atoms with van der Waals surface area (Å²) in [7, 11) is 0. The molecule has 0 fully saturated rings. The number of aromatic nitrogens is 3. The van der Waals surface area contributed by atoms with Crippen molar-refractivity contribution < 1.29 is 9.32 Å². The van der Waals surface area contributed by atoms with Crippen LogP contribution in [-0.2, 0) is 11.3 Å². The number of nitrogens with one attached hydrogen (secondary N) is 2. The van der Waals surface area contributed by atoms with Crippen LogP contribution in [0.1, 0.15) is 18.6 Å². The molecule has 0 aliphatic carbocycles. The van der Waals surface area contributed by atoms with Gasteiger partial charge in [0.2, 0.25) is 5.91 Å². The highest BCUT2D eigenvalue weighted by Gasteiger charge is 2.09. The summed E-state index contributed by atoms with van der Waals surface area (Å²) in [4.78, 5) is 38.8. The van der Waals surface area contributed by atoms with Crippen LogP contribution in [0.4, 0.5) is 5.82 Å². The van der Waals surface area contributed by atoms with E-state index in [2.05, 4.69) is 15.5 Å². The maximum Gasteiger partial charge on any atom is 0.328 e. The lowest BCUT2D eigenvalue weighted by molar-refractivity contribution is -0.116. The maximum absolute atomic E-state index is 12.3. The second kappa shape index (κ2) is 6.53. The van der Waals surface area contributed by atoms with E-state index in [4.69, 9.17) is 4.52 Å². The Morgan fingerprint density at radius 3 is 2.88 bits per heavy atom. The van der Waals surface area contributed by atoms with Crippen molar-refractivity contribution in [2.45, 2.75) is 26.3 Å². The number of hydrogen-bond acceptors (Lipinski definition) is 5. The molecule has 2 N–H and O–H groups in total. The molecule has 0 aliphatic rings. The van der Waals surface area contributed by atoms with Gasteiger partial charge in [0.25, 0.3) is 5.56 Å². The number of aryl methyl sites for hydroxylation is 1. The molecule has 0 spiro atoms. The van der Waals surface area contributed by atoms with E-state index < -0.39 is 5.69 Å². The first-order valence-corrected chi connectivity index (χ1v) is 7.49. The van der Waals surface area contributed by atoms with Gasteiger partial charge in [0, 0.05) is 19.0 Å². The predicted octanol–water partition coefficient (Wildman–Crippen LogP) is 1.41. The van der Waals surface area contributed by atoms with E-state index in [1.165, 1.54) is 0 Å². The Morgan fingerprint density at radius 1 is 1.33 bits per heavy atom. The van der Waals surface area contributed by atoms with Crippen molar-refractivity contribution in [1.82, 2.24) is 14.7 Å². The lowest BCUT2D eigenvalue weighted by Gasteiger charge is -2.06. The zero-order valence-electron chi connectivity index (χ0n) is 13.0. The topological polar surface area (TPSA) is 110 Å². The molecular formula is C16H16N4O4. The van der Waals surface area contributed by atoms with Crippen LogP contribution in [0, 0.1) is 6.92 Å². The number of anilines is 1. The summed E-state index contributed by atoms with van der Waals surface area (Å²) < 4.78 is 5.96. The Kier molecular flexibility index (Phi) is 4.28. The van der Waals surface area contributed by atoms with E-state index in [1.807, 2.05) is 0 Å². The molecule has 2 heterocycles. The van der Waals surface area contributed by atoms with Crippen LogP contribution in [0.3, 0.4) is 0 Å². The fourth-order valence-electron chi connectivity index (χ4n) is 2.43. The van der Waals surface area contributed by atoms with Gasteiger partial charge in [-0.05, 0) is 25.5 Å². The maximum atomic E-state index is 12.3. The van der Waals surface area contributed by atoms with Crippen LogP contribution in [0.25, 0.3) is 10.9 Å². The minimum absolute atomic E-state index is 0.157. The molecule has 24 heavy (non-hydrogen) atoms. The summed E-state index contributed by atoms with van der Waals surface area (Å²) in [5.74, 6) is 0.686. The Labute approximate surface area is 136 Å². The van der Waals surface area contributed by atoms with Gasteiger partial charge in [0.1, 0.15) is 5.76 Å². The molecule has 0 unspecified atom stereocenters. The summed E-state index contributed by atoms with van der Waals surface area (Å²) in [6.45, 7) is 1.88. The first kappa shape index (κ1) is 15.7. The van der Waals surface area contributed by atoms with Gasteiger partial charge >= 0.3 is 5.69 Å². The third-order valence-corrected chi connectivity index (χ3v) is 3.57. The standard InChI is InChI=1S/C16H16N4O4/c1-10-9-13(19-24-10)18-14(21)7-4-8-20-15(22)11-5-2-3-6-12(11)17-16(20)23/h2-3,5-6,9H,4,7-8H2,1H3,(H,17,23)(H,18,19,21). The Bertz CT molecular complexity index is 999. The van der Waals surface area contributed by atoms with E-state index in [0.29, 0.717) is 28.9 Å². The van der Waals surface area contributed by atoms with Crippen LogP contribution in [0.15, 0.2) is 44.4 Å². The van der Waals surface area contributed by atoms with Gasteiger partial charge in [0.15, 0.2) is 5.82 Å². The monoisotopic (exact) mass is 328 g/mol. The lowest BCUT2D eigenvalue weighted by atomic mass is 10.2. The van der Waals surface area contributed by atoms with Gasteiger partial charge in [-0.2, -0.15) is 0 Å². The van der Waals surface area contributed by atoms with Gasteiger partial charge in [-0.3, -0.25) is 14.2 Å². The first-order valence-electron chi connectivity index (χ1n) is 7.49. The zero-order valence-corrected chi connectivity index (χ0v) is 13.0. The summed E-state index contributed by atoms with van der Waals surface area (Å²) in [5, 5.41) is 6.70. The molecule has 8 nitrogen and oxygen atoms in total. The number of hydrogen-bond donors (Lipinski definition) is 2. The number of aromatic amines is 1. The molecule has 2 aromatic heterocycles. The Morgan fingerprint density at radius 2 is 2.12 bits per heavy atom. The number of fused-ring (bicyclic) bond motifs is 1. The highest BCUT2D eigenvalue weighted by Crippen LogP contribution is 2.08. The zero-order chi connectivity index (χ0) is 17.1. The molecule has 3 aromatic rings. The van der Waals surface area contributed by atoms with Gasteiger partial charge in [-0.25, -0.2) is 4.79 Å². The van der Waals surface area contributed by atoms with Crippen LogP contribution in [0.5, 0.6) is 0 Å². The molecule has 0 aliphatic heterocycles. The van der Waals surface area contributed by atoms with Crippen molar-refractivity contribution in [3.63, 3.8) is 0 Å². The Hall–Kier alpha value is -3.16. The molecule has 8 heteroatoms. The van der Waals surface area contributed by atoms with Crippen molar-refractivity contribution in [3.8, 4) is 0 Å². The lowest BCUT2D eigenvalue weighted by Crippen LogP contribution is -2.35. The van der Waals surface area contributed by atoms with E-state index >= 15 is 0 Å². The number of nitrogens with zero attached hydrogens (tertiary/aromatic N) is 2. The third-order valence-electron chi connectivity index (χ3n) is 3.57. The predicted molar refractivity (Wildman–Crippen MR) is 87.9 cm³/mol. The molecule has 0 saturated heterocycles. The fourth-order valence-corrected chi connectivity index (χ4v) is 2.43. The Balaban J connectivity index is 1.66. The van der Waals surface area contributed by atoms with Gasteiger partial charge in [-0.15, -0.1) is 0 Å². The van der Waals surface area contributed by atoms with Crippen molar-refractivity contribution in [2.75, 3.05) is 5.32 Å². The van der Waals surface area contributed by atoms with Gasteiger partial charge in [0.05, 0.1) is 10.9 Å². The molecule has 124 valence electrons. The second-order valence-electron chi connectivity index (χ2n) is 5.41. The minimum atomic E-state index is -0.480. The van der Waals surface area contributed by atoms with Crippen molar-refractivity contribution in [1.29, 1.82) is 0 Å². The minimum Gasteiger partial charge on any atom is -0.360 e. The van der Waals surface area contributed by atoms with Crippen molar-refractivity contribution in [3.05, 3.63) is 56.9 Å². The smallest absolute Gasteiger partial charge is 0.328 e. The highest BCUT2D eigenvalue weighted by molar-refractivity contribution is 5.89. The third kappa shape index (κ3) is 3.27. The molecular weight excluding hydrogens is 312 g/mol. The van der Waals surface area contributed by atoms with Crippen LogP contribution >= 0.6 is 0 Å².